The summed E-state index contributed by atoms with van der Waals surface area (Å²) in [4.78, 5) is 4.65. The van der Waals surface area contributed by atoms with Gasteiger partial charge in [-0.3, -0.25) is 4.98 Å². The van der Waals surface area contributed by atoms with Gasteiger partial charge in [0.25, 0.3) is 0 Å². The van der Waals surface area contributed by atoms with Gasteiger partial charge < -0.3 is 5.32 Å². The fraction of sp³-hybridized carbons (Fsp3) is 0.312. The van der Waals surface area contributed by atoms with Crippen molar-refractivity contribution in [1.29, 1.82) is 0 Å². The summed E-state index contributed by atoms with van der Waals surface area (Å²) in [5.41, 5.74) is 2.40. The Kier molecular flexibility index (Phi) is 4.99. The molecule has 3 rings (SSSR count). The summed E-state index contributed by atoms with van der Waals surface area (Å²) in [6.45, 7) is 1.97. The third kappa shape index (κ3) is 3.50. The van der Waals surface area contributed by atoms with Gasteiger partial charge in [-0.15, -0.1) is 0 Å². The maximum Gasteiger partial charge on any atom is 0.0584 e. The third-order valence-electron chi connectivity index (χ3n) is 3.95. The van der Waals surface area contributed by atoms with E-state index < -0.39 is 0 Å². The Morgan fingerprint density at radius 3 is 2.81 bits per heavy atom. The van der Waals surface area contributed by atoms with Crippen LogP contribution in [0.5, 0.6) is 0 Å². The predicted octanol–water partition coefficient (Wildman–Crippen LogP) is 5.12. The smallest absolute Gasteiger partial charge is 0.0584 e. The Morgan fingerprint density at radius 2 is 2.05 bits per heavy atom. The lowest BCUT2D eigenvalue weighted by Crippen LogP contribution is -2.34. The zero-order valence-corrected chi connectivity index (χ0v) is 15.2. The Labute approximate surface area is 146 Å². The minimum atomic E-state index is 0.391. The Morgan fingerprint density at radius 1 is 1.19 bits per heavy atom. The maximum absolute atomic E-state index is 6.16. The van der Waals surface area contributed by atoms with Crippen LogP contribution in [0.2, 0.25) is 5.02 Å². The van der Waals surface area contributed by atoms with E-state index in [4.69, 9.17) is 11.6 Å². The van der Waals surface area contributed by atoms with Crippen LogP contribution in [0.25, 0.3) is 0 Å². The van der Waals surface area contributed by atoms with Crippen LogP contribution in [0.15, 0.2) is 45.5 Å². The average molecular weight is 431 g/mol. The van der Waals surface area contributed by atoms with Gasteiger partial charge in [0.2, 0.25) is 0 Å². The summed E-state index contributed by atoms with van der Waals surface area (Å²) in [7, 11) is 0. The van der Waals surface area contributed by atoms with Crippen LogP contribution < -0.4 is 5.32 Å². The highest BCUT2D eigenvalue weighted by Crippen LogP contribution is 2.40. The fourth-order valence-corrected chi connectivity index (χ4v) is 4.45. The number of hydrogen-bond donors (Lipinski definition) is 1. The SMILES string of the molecule is Clc1cccc(C2CNCCC2c2ncc(Br)cc2Br)c1. The van der Waals surface area contributed by atoms with Crippen molar-refractivity contribution in [3.05, 3.63) is 61.8 Å². The molecule has 2 atom stereocenters. The summed E-state index contributed by atoms with van der Waals surface area (Å²) in [6, 6.07) is 10.2. The number of nitrogens with zero attached hydrogens (tertiary/aromatic N) is 1. The van der Waals surface area contributed by atoms with Crippen LogP contribution >= 0.6 is 43.5 Å². The Balaban J connectivity index is 1.98. The van der Waals surface area contributed by atoms with E-state index in [0.29, 0.717) is 11.8 Å². The first-order valence-corrected chi connectivity index (χ1v) is 8.88. The number of aromatic nitrogens is 1. The van der Waals surface area contributed by atoms with E-state index in [1.165, 1.54) is 5.56 Å². The minimum Gasteiger partial charge on any atom is -0.316 e. The minimum absolute atomic E-state index is 0.391. The molecule has 0 aliphatic carbocycles. The second-order valence-electron chi connectivity index (χ2n) is 5.28. The van der Waals surface area contributed by atoms with Crippen LogP contribution in [0.4, 0.5) is 0 Å². The summed E-state index contributed by atoms with van der Waals surface area (Å²) >= 11 is 13.3. The van der Waals surface area contributed by atoms with E-state index in [9.17, 15) is 0 Å². The molecular formula is C16H15Br2ClN2. The maximum atomic E-state index is 6.16. The van der Waals surface area contributed by atoms with E-state index in [-0.39, 0.29) is 0 Å². The Bertz CT molecular complexity index is 648. The van der Waals surface area contributed by atoms with Crippen molar-refractivity contribution >= 4 is 43.5 Å². The lowest BCUT2D eigenvalue weighted by Gasteiger charge is -2.33. The zero-order valence-electron chi connectivity index (χ0n) is 11.3. The first-order chi connectivity index (χ1) is 10.1. The lowest BCUT2D eigenvalue weighted by molar-refractivity contribution is 0.397. The van der Waals surface area contributed by atoms with Crippen molar-refractivity contribution in [2.75, 3.05) is 13.1 Å². The molecule has 110 valence electrons. The monoisotopic (exact) mass is 428 g/mol. The van der Waals surface area contributed by atoms with Crippen molar-refractivity contribution in [3.8, 4) is 0 Å². The molecule has 2 aromatic rings. The molecule has 1 saturated heterocycles. The largest absolute Gasteiger partial charge is 0.316 e. The molecule has 21 heavy (non-hydrogen) atoms. The van der Waals surface area contributed by atoms with Crippen LogP contribution in [0.3, 0.4) is 0 Å². The molecule has 1 N–H and O–H groups in total. The molecule has 1 aliphatic rings. The average Bonchev–Trinajstić information content (AvgIpc) is 2.47. The van der Waals surface area contributed by atoms with Crippen molar-refractivity contribution in [3.63, 3.8) is 0 Å². The van der Waals surface area contributed by atoms with Gasteiger partial charge in [0.15, 0.2) is 0 Å². The molecule has 5 heteroatoms. The van der Waals surface area contributed by atoms with E-state index >= 15 is 0 Å². The number of pyridine rings is 1. The van der Waals surface area contributed by atoms with E-state index in [0.717, 1.165) is 39.2 Å². The molecular weight excluding hydrogens is 415 g/mol. The van der Waals surface area contributed by atoms with Crippen LogP contribution in [-0.4, -0.2) is 18.1 Å². The topological polar surface area (TPSA) is 24.9 Å². The van der Waals surface area contributed by atoms with Gasteiger partial charge in [-0.05, 0) is 68.6 Å². The predicted molar refractivity (Wildman–Crippen MR) is 94.1 cm³/mol. The van der Waals surface area contributed by atoms with Crippen molar-refractivity contribution in [2.45, 2.75) is 18.3 Å². The van der Waals surface area contributed by atoms with Crippen LogP contribution in [0, 0.1) is 0 Å². The Hall–Kier alpha value is -0.420. The molecule has 2 heterocycles. The highest BCUT2D eigenvalue weighted by Gasteiger charge is 2.30. The number of piperidine rings is 1. The van der Waals surface area contributed by atoms with Crippen molar-refractivity contribution in [2.24, 2.45) is 0 Å². The van der Waals surface area contributed by atoms with Gasteiger partial charge >= 0.3 is 0 Å². The van der Waals surface area contributed by atoms with Gasteiger partial charge in [0.1, 0.15) is 0 Å². The summed E-state index contributed by atoms with van der Waals surface area (Å²) < 4.78 is 2.06. The molecule has 0 saturated carbocycles. The molecule has 2 unspecified atom stereocenters. The summed E-state index contributed by atoms with van der Waals surface area (Å²) in [6.07, 6.45) is 2.95. The number of hydrogen-bond acceptors (Lipinski definition) is 2. The third-order valence-corrected chi connectivity index (χ3v) is 5.25. The standard InChI is InChI=1S/C16H15Br2ClN2/c17-11-7-15(18)16(21-8-11)13-4-5-20-9-14(13)10-2-1-3-12(19)6-10/h1-3,6-8,13-14,20H,4-5,9H2. The number of nitrogens with one attached hydrogen (secondary N) is 1. The van der Waals surface area contributed by atoms with Crippen LogP contribution in [-0.2, 0) is 0 Å². The molecule has 1 aromatic heterocycles. The summed E-state index contributed by atoms with van der Waals surface area (Å²) in [5.74, 6) is 0.787. The fourth-order valence-electron chi connectivity index (χ4n) is 2.97. The van der Waals surface area contributed by atoms with Crippen molar-refractivity contribution in [1.82, 2.24) is 10.3 Å². The van der Waals surface area contributed by atoms with Gasteiger partial charge in [0, 0.05) is 38.5 Å². The quantitative estimate of drug-likeness (QED) is 0.715. The second-order valence-corrected chi connectivity index (χ2v) is 7.49. The molecule has 2 nitrogen and oxygen atoms in total. The number of halogens is 3. The molecule has 0 spiro atoms. The van der Waals surface area contributed by atoms with Crippen molar-refractivity contribution < 1.29 is 0 Å². The molecule has 1 aromatic carbocycles. The molecule has 0 amide bonds. The normalized spacial score (nSPS) is 22.2. The molecule has 0 radical (unpaired) electrons. The number of benzene rings is 1. The summed E-state index contributed by atoms with van der Waals surface area (Å²) in [5, 5.41) is 4.28. The van der Waals surface area contributed by atoms with Gasteiger partial charge in [-0.25, -0.2) is 0 Å². The van der Waals surface area contributed by atoms with E-state index in [1.54, 1.807) is 0 Å². The first-order valence-electron chi connectivity index (χ1n) is 6.92. The van der Waals surface area contributed by atoms with Gasteiger partial charge in [-0.1, -0.05) is 23.7 Å². The van der Waals surface area contributed by atoms with Crippen LogP contribution in [0.1, 0.15) is 29.5 Å². The van der Waals surface area contributed by atoms with Gasteiger partial charge in [0.05, 0.1) is 5.69 Å². The van der Waals surface area contributed by atoms with Gasteiger partial charge in [-0.2, -0.15) is 0 Å². The molecule has 0 bridgehead atoms. The number of rotatable bonds is 2. The van der Waals surface area contributed by atoms with E-state index in [2.05, 4.69) is 60.4 Å². The second kappa shape index (κ2) is 6.78. The highest BCUT2D eigenvalue weighted by molar-refractivity contribution is 9.11. The first kappa shape index (κ1) is 15.5. The zero-order chi connectivity index (χ0) is 14.8. The highest BCUT2D eigenvalue weighted by atomic mass is 79.9. The lowest BCUT2D eigenvalue weighted by atomic mass is 9.79. The molecule has 1 aliphatic heterocycles. The molecule has 1 fully saturated rings. The van der Waals surface area contributed by atoms with E-state index in [1.807, 2.05) is 18.3 Å².